The predicted molar refractivity (Wildman–Crippen MR) is 70.7 cm³/mol. The van der Waals surface area contributed by atoms with Gasteiger partial charge in [-0.2, -0.15) is 0 Å². The number of Topliss-reactive ketones (excluding diaryl/α,β-unsaturated/α-hetero) is 1. The molecule has 0 radical (unpaired) electrons. The Morgan fingerprint density at radius 2 is 2.05 bits per heavy atom. The second-order valence-corrected chi connectivity index (χ2v) is 5.88. The third-order valence-corrected chi connectivity index (χ3v) is 3.50. The first-order chi connectivity index (χ1) is 8.96. The maximum absolute atomic E-state index is 12.1. The van der Waals surface area contributed by atoms with Crippen LogP contribution in [0, 0.1) is 5.41 Å². The summed E-state index contributed by atoms with van der Waals surface area (Å²) in [5, 5.41) is 0. The molecule has 0 saturated carbocycles. The molecular formula is C14H16N4O. The van der Waals surface area contributed by atoms with Crippen LogP contribution >= 0.6 is 0 Å². The fourth-order valence-electron chi connectivity index (χ4n) is 2.53. The maximum atomic E-state index is 12.1. The predicted octanol–water partition coefficient (Wildman–Crippen LogP) is 2.03. The van der Waals surface area contributed by atoms with E-state index in [1.807, 2.05) is 11.6 Å². The molecule has 2 aromatic heterocycles. The number of nitrogens with zero attached hydrogens (tertiary/aromatic N) is 4. The number of aromatic nitrogens is 4. The Balaban J connectivity index is 2.10. The average molecular weight is 256 g/mol. The van der Waals surface area contributed by atoms with E-state index >= 15 is 0 Å². The van der Waals surface area contributed by atoms with Crippen molar-refractivity contribution in [2.45, 2.75) is 26.7 Å². The van der Waals surface area contributed by atoms with Gasteiger partial charge in [-0.3, -0.25) is 4.79 Å². The fourth-order valence-corrected chi connectivity index (χ4v) is 2.53. The Hall–Kier alpha value is -2.04. The van der Waals surface area contributed by atoms with Crippen LogP contribution < -0.4 is 0 Å². The van der Waals surface area contributed by atoms with E-state index in [4.69, 9.17) is 0 Å². The topological polar surface area (TPSA) is 60.7 Å². The van der Waals surface area contributed by atoms with Gasteiger partial charge in [-0.05, 0) is 11.8 Å². The number of fused-ring (bicyclic) bond motifs is 1. The van der Waals surface area contributed by atoms with Crippen LogP contribution in [-0.2, 0) is 13.5 Å². The molecule has 2 heterocycles. The summed E-state index contributed by atoms with van der Waals surface area (Å²) in [5.41, 5.74) is 2.36. The van der Waals surface area contributed by atoms with Crippen molar-refractivity contribution in [1.82, 2.24) is 19.5 Å². The zero-order valence-corrected chi connectivity index (χ0v) is 11.3. The van der Waals surface area contributed by atoms with Crippen LogP contribution in [-0.4, -0.2) is 25.3 Å². The lowest BCUT2D eigenvalue weighted by Crippen LogP contribution is -2.28. The summed E-state index contributed by atoms with van der Waals surface area (Å²) in [7, 11) is 1.90. The van der Waals surface area contributed by atoms with Gasteiger partial charge in [0.05, 0.1) is 23.8 Å². The Morgan fingerprint density at radius 3 is 2.74 bits per heavy atom. The van der Waals surface area contributed by atoms with Gasteiger partial charge in [-0.25, -0.2) is 15.0 Å². The summed E-state index contributed by atoms with van der Waals surface area (Å²) in [5.74, 6) is 0.770. The number of hydrogen-bond acceptors (Lipinski definition) is 4. The fraction of sp³-hybridized carbons (Fsp3) is 0.429. The van der Waals surface area contributed by atoms with Gasteiger partial charge in [0.15, 0.2) is 11.6 Å². The molecule has 0 unspecified atom stereocenters. The van der Waals surface area contributed by atoms with Gasteiger partial charge in [0.2, 0.25) is 0 Å². The standard InChI is InChI=1S/C14H16N4O/c1-14(2)4-10-9(12(19)5-14)6-16-13(17-10)11-7-15-8-18(11)3/h6-8H,4-5H2,1-3H3. The molecule has 0 aromatic carbocycles. The lowest BCUT2D eigenvalue weighted by Gasteiger charge is -2.29. The molecule has 19 heavy (non-hydrogen) atoms. The first kappa shape index (κ1) is 12.0. The van der Waals surface area contributed by atoms with E-state index < -0.39 is 0 Å². The summed E-state index contributed by atoms with van der Waals surface area (Å²) in [4.78, 5) is 25.0. The second kappa shape index (κ2) is 3.98. The molecule has 0 saturated heterocycles. The van der Waals surface area contributed by atoms with Crippen LogP contribution in [0.4, 0.5) is 0 Å². The number of carbonyl (C=O) groups is 1. The summed E-state index contributed by atoms with van der Waals surface area (Å²) in [6.45, 7) is 4.19. The van der Waals surface area contributed by atoms with E-state index in [0.717, 1.165) is 17.8 Å². The Morgan fingerprint density at radius 1 is 1.26 bits per heavy atom. The molecule has 0 N–H and O–H groups in total. The van der Waals surface area contributed by atoms with Gasteiger partial charge in [0.25, 0.3) is 0 Å². The van der Waals surface area contributed by atoms with Crippen molar-refractivity contribution in [3.8, 4) is 11.5 Å². The lowest BCUT2D eigenvalue weighted by molar-refractivity contribution is 0.0910. The minimum Gasteiger partial charge on any atom is -0.331 e. The zero-order chi connectivity index (χ0) is 13.6. The quantitative estimate of drug-likeness (QED) is 0.783. The largest absolute Gasteiger partial charge is 0.331 e. The molecule has 0 atom stereocenters. The number of rotatable bonds is 1. The van der Waals surface area contributed by atoms with Crippen molar-refractivity contribution in [2.75, 3.05) is 0 Å². The van der Waals surface area contributed by atoms with Gasteiger partial charge in [0.1, 0.15) is 5.69 Å². The first-order valence-corrected chi connectivity index (χ1v) is 6.32. The molecule has 98 valence electrons. The maximum Gasteiger partial charge on any atom is 0.178 e. The molecule has 3 rings (SSSR count). The van der Waals surface area contributed by atoms with Crippen LogP contribution in [0.25, 0.3) is 11.5 Å². The highest BCUT2D eigenvalue weighted by Crippen LogP contribution is 2.34. The van der Waals surface area contributed by atoms with Crippen LogP contribution in [0.2, 0.25) is 0 Å². The van der Waals surface area contributed by atoms with Crippen molar-refractivity contribution in [1.29, 1.82) is 0 Å². The van der Waals surface area contributed by atoms with Crippen molar-refractivity contribution in [2.24, 2.45) is 12.5 Å². The SMILES string of the molecule is Cn1cncc1-c1ncc2c(n1)CC(C)(C)CC2=O. The van der Waals surface area contributed by atoms with E-state index in [9.17, 15) is 4.79 Å². The molecule has 0 aliphatic heterocycles. The molecule has 0 bridgehead atoms. The number of imidazole rings is 1. The first-order valence-electron chi connectivity index (χ1n) is 6.32. The van der Waals surface area contributed by atoms with Crippen LogP contribution in [0.3, 0.4) is 0 Å². The number of ketones is 1. The lowest BCUT2D eigenvalue weighted by atomic mass is 9.76. The normalized spacial score (nSPS) is 17.3. The van der Waals surface area contributed by atoms with Gasteiger partial charge >= 0.3 is 0 Å². The van der Waals surface area contributed by atoms with Crippen molar-refractivity contribution in [3.05, 3.63) is 30.0 Å². The highest BCUT2D eigenvalue weighted by molar-refractivity contribution is 5.98. The van der Waals surface area contributed by atoms with E-state index in [0.29, 0.717) is 17.8 Å². The zero-order valence-electron chi connectivity index (χ0n) is 11.3. The van der Waals surface area contributed by atoms with Gasteiger partial charge in [-0.15, -0.1) is 0 Å². The minimum atomic E-state index is -0.0256. The third kappa shape index (κ3) is 2.05. The van der Waals surface area contributed by atoms with Crippen LogP contribution in [0.5, 0.6) is 0 Å². The van der Waals surface area contributed by atoms with Gasteiger partial charge in [0, 0.05) is 19.7 Å². The smallest absolute Gasteiger partial charge is 0.178 e. The van der Waals surface area contributed by atoms with Crippen LogP contribution in [0.15, 0.2) is 18.7 Å². The Labute approximate surface area is 111 Å². The molecular weight excluding hydrogens is 240 g/mol. The molecule has 1 aliphatic carbocycles. The molecule has 0 amide bonds. The van der Waals surface area contributed by atoms with Crippen molar-refractivity contribution < 1.29 is 4.79 Å². The number of carbonyl (C=O) groups excluding carboxylic acids is 1. The van der Waals surface area contributed by atoms with Crippen molar-refractivity contribution in [3.63, 3.8) is 0 Å². The van der Waals surface area contributed by atoms with Gasteiger partial charge < -0.3 is 4.57 Å². The minimum absolute atomic E-state index is 0.0256. The molecule has 1 aliphatic rings. The van der Waals surface area contributed by atoms with Crippen molar-refractivity contribution >= 4 is 5.78 Å². The highest BCUT2D eigenvalue weighted by Gasteiger charge is 2.32. The summed E-state index contributed by atoms with van der Waals surface area (Å²) in [6.07, 6.45) is 6.48. The van der Waals surface area contributed by atoms with E-state index in [1.54, 1.807) is 18.7 Å². The summed E-state index contributed by atoms with van der Waals surface area (Å²) in [6, 6.07) is 0. The van der Waals surface area contributed by atoms with E-state index in [2.05, 4.69) is 28.8 Å². The molecule has 5 nitrogen and oxygen atoms in total. The monoisotopic (exact) mass is 256 g/mol. The summed E-state index contributed by atoms with van der Waals surface area (Å²) < 4.78 is 1.87. The molecule has 0 spiro atoms. The molecule has 5 heteroatoms. The van der Waals surface area contributed by atoms with E-state index in [1.165, 1.54) is 0 Å². The molecule has 2 aromatic rings. The Kier molecular flexibility index (Phi) is 2.52. The molecule has 0 fully saturated rings. The highest BCUT2D eigenvalue weighted by atomic mass is 16.1. The summed E-state index contributed by atoms with van der Waals surface area (Å²) >= 11 is 0. The second-order valence-electron chi connectivity index (χ2n) is 5.88. The van der Waals surface area contributed by atoms with Gasteiger partial charge in [-0.1, -0.05) is 13.8 Å². The average Bonchev–Trinajstić information content (AvgIpc) is 2.73. The third-order valence-electron chi connectivity index (χ3n) is 3.50. The number of aryl methyl sites for hydroxylation is 1. The van der Waals surface area contributed by atoms with Crippen LogP contribution in [0.1, 0.15) is 36.3 Å². The van der Waals surface area contributed by atoms with E-state index in [-0.39, 0.29) is 11.2 Å². The number of hydrogen-bond donors (Lipinski definition) is 0. The Bertz CT molecular complexity index is 657.